The lowest BCUT2D eigenvalue weighted by Gasteiger charge is -1.96. The van der Waals surface area contributed by atoms with Gasteiger partial charge in [0, 0.05) is 0 Å². The third-order valence-electron chi connectivity index (χ3n) is 1.28. The lowest BCUT2D eigenvalue weighted by Crippen LogP contribution is -2.15. The van der Waals surface area contributed by atoms with Gasteiger partial charge in [0.05, 0.1) is 19.8 Å². The average Bonchev–Trinajstić information content (AvgIpc) is 2.74. The molecule has 1 atom stereocenters. The lowest BCUT2D eigenvalue weighted by atomic mass is 10.4. The minimum absolute atomic E-state index is 0.161. The molecule has 1 unspecified atom stereocenters. The molecule has 0 aromatic rings. The minimum Gasteiger partial charge on any atom is -0.450 e. The maximum atomic E-state index is 10.1. The quantitative estimate of drug-likeness (QED) is 0.317. The summed E-state index contributed by atoms with van der Waals surface area (Å²) in [5.74, 6) is 0. The zero-order valence-electron chi connectivity index (χ0n) is 9.30. The fourth-order valence-electron chi connectivity index (χ4n) is 0.513. The molecule has 0 aromatic carbocycles. The van der Waals surface area contributed by atoms with Gasteiger partial charge in [-0.25, -0.2) is 9.59 Å². The molecule has 0 aromatic heterocycles. The Balaban J connectivity index is 0. The van der Waals surface area contributed by atoms with Crippen LogP contribution in [0, 0.1) is 0 Å². The zero-order valence-corrected chi connectivity index (χ0v) is 9.30. The maximum absolute atomic E-state index is 10.1. The Kier molecular flexibility index (Phi) is 12.3. The summed E-state index contributed by atoms with van der Waals surface area (Å²) in [5, 5.41) is 46.3. The molecule has 1 aliphatic rings. The van der Waals surface area contributed by atoms with Crippen molar-refractivity contribution in [3.05, 3.63) is 0 Å². The summed E-state index contributed by atoms with van der Waals surface area (Å²) in [7, 11) is 0. The number of hydrogen-bond donors (Lipinski definition) is 6. The number of aliphatic hydroxyl groups is 4. The van der Waals surface area contributed by atoms with Gasteiger partial charge in [0.25, 0.3) is 0 Å². The van der Waals surface area contributed by atoms with Crippen LogP contribution < -0.4 is 0 Å². The SMILES string of the molecule is O=C(O)O.O=C1OCC(CO)O1.OCC(O)CO. The number of hydrogen-bond acceptors (Lipinski definition) is 8. The van der Waals surface area contributed by atoms with E-state index < -0.39 is 24.5 Å². The Morgan fingerprint density at radius 2 is 1.72 bits per heavy atom. The van der Waals surface area contributed by atoms with Crippen LogP contribution in [0.4, 0.5) is 9.59 Å². The van der Waals surface area contributed by atoms with Crippen molar-refractivity contribution in [3.8, 4) is 0 Å². The van der Waals surface area contributed by atoms with Crippen LogP contribution in [0.3, 0.4) is 0 Å². The first-order valence-electron chi connectivity index (χ1n) is 4.63. The summed E-state index contributed by atoms with van der Waals surface area (Å²) in [6.45, 7) is -0.714. The Hall–Kier alpha value is -1.62. The number of ether oxygens (including phenoxy) is 2. The molecule has 0 amide bonds. The molecule has 0 aliphatic carbocycles. The van der Waals surface area contributed by atoms with Gasteiger partial charge in [-0.3, -0.25) is 0 Å². The smallest absolute Gasteiger partial charge is 0.450 e. The van der Waals surface area contributed by atoms with E-state index in [1.807, 2.05) is 0 Å². The van der Waals surface area contributed by atoms with Crippen molar-refractivity contribution < 1.29 is 49.7 Å². The van der Waals surface area contributed by atoms with Gasteiger partial charge < -0.3 is 40.1 Å². The van der Waals surface area contributed by atoms with Gasteiger partial charge in [-0.15, -0.1) is 0 Å². The van der Waals surface area contributed by atoms with E-state index in [-0.39, 0.29) is 26.4 Å². The molecule has 0 bridgehead atoms. The van der Waals surface area contributed by atoms with Crippen molar-refractivity contribution in [1.82, 2.24) is 0 Å². The molecule has 6 N–H and O–H groups in total. The van der Waals surface area contributed by atoms with E-state index in [4.69, 9.17) is 35.4 Å². The molecule has 0 saturated carbocycles. The summed E-state index contributed by atoms with van der Waals surface area (Å²) in [6, 6.07) is 0. The number of carbonyl (C=O) groups is 2. The second-order valence-electron chi connectivity index (χ2n) is 2.78. The van der Waals surface area contributed by atoms with Crippen LogP contribution in [0.5, 0.6) is 0 Å². The lowest BCUT2D eigenvalue weighted by molar-refractivity contribution is 0.0450. The molecular weight excluding hydrogens is 256 g/mol. The average molecular weight is 272 g/mol. The van der Waals surface area contributed by atoms with Crippen LogP contribution in [-0.4, -0.2) is 81.6 Å². The van der Waals surface area contributed by atoms with Gasteiger partial charge in [-0.05, 0) is 0 Å². The first-order chi connectivity index (χ1) is 8.37. The molecule has 1 fully saturated rings. The van der Waals surface area contributed by atoms with E-state index in [0.29, 0.717) is 0 Å². The number of cyclic esters (lactones) is 2. The van der Waals surface area contributed by atoms with E-state index in [0.717, 1.165) is 0 Å². The molecular formula is C8H16O10. The largest absolute Gasteiger partial charge is 0.508 e. The Morgan fingerprint density at radius 3 is 1.83 bits per heavy atom. The molecule has 18 heavy (non-hydrogen) atoms. The number of carboxylic acid groups (broad SMARTS) is 2. The van der Waals surface area contributed by atoms with Gasteiger partial charge in [0.15, 0.2) is 6.10 Å². The molecule has 0 spiro atoms. The highest BCUT2D eigenvalue weighted by Gasteiger charge is 2.23. The predicted molar refractivity (Wildman–Crippen MR) is 54.1 cm³/mol. The number of carbonyl (C=O) groups excluding carboxylic acids is 1. The normalized spacial score (nSPS) is 16.7. The summed E-state index contributed by atoms with van der Waals surface area (Å²) >= 11 is 0. The summed E-state index contributed by atoms with van der Waals surface area (Å²) in [6.07, 6.45) is -3.92. The molecule has 1 aliphatic heterocycles. The van der Waals surface area contributed by atoms with E-state index in [9.17, 15) is 4.79 Å². The van der Waals surface area contributed by atoms with Crippen molar-refractivity contribution in [2.24, 2.45) is 0 Å². The second kappa shape index (κ2) is 11.9. The Bertz CT molecular complexity index is 222. The van der Waals surface area contributed by atoms with E-state index in [2.05, 4.69) is 9.47 Å². The third kappa shape index (κ3) is 14.4. The van der Waals surface area contributed by atoms with Crippen LogP contribution in [0.1, 0.15) is 0 Å². The second-order valence-corrected chi connectivity index (χ2v) is 2.78. The number of aliphatic hydroxyl groups excluding tert-OH is 4. The van der Waals surface area contributed by atoms with Gasteiger partial charge in [-0.1, -0.05) is 0 Å². The maximum Gasteiger partial charge on any atom is 0.508 e. The van der Waals surface area contributed by atoms with Crippen LogP contribution in [0.25, 0.3) is 0 Å². The Labute approximate surface area is 102 Å². The molecule has 10 heteroatoms. The van der Waals surface area contributed by atoms with Crippen LogP contribution in [0.15, 0.2) is 0 Å². The molecule has 0 radical (unpaired) electrons. The summed E-state index contributed by atoms with van der Waals surface area (Å²) in [5.41, 5.74) is 0. The van der Waals surface area contributed by atoms with E-state index >= 15 is 0 Å². The van der Waals surface area contributed by atoms with Crippen molar-refractivity contribution in [3.63, 3.8) is 0 Å². The molecule has 1 rings (SSSR count). The fourth-order valence-corrected chi connectivity index (χ4v) is 0.513. The topological polar surface area (TPSA) is 174 Å². The highest BCUT2D eigenvalue weighted by atomic mass is 16.8. The van der Waals surface area contributed by atoms with E-state index in [1.165, 1.54) is 0 Å². The molecule has 1 heterocycles. The van der Waals surface area contributed by atoms with Gasteiger partial charge in [0.1, 0.15) is 12.7 Å². The van der Waals surface area contributed by atoms with Crippen LogP contribution in [0.2, 0.25) is 0 Å². The summed E-state index contributed by atoms with van der Waals surface area (Å²) < 4.78 is 8.73. The molecule has 1 saturated heterocycles. The van der Waals surface area contributed by atoms with Crippen molar-refractivity contribution in [2.45, 2.75) is 12.2 Å². The van der Waals surface area contributed by atoms with Crippen molar-refractivity contribution in [1.29, 1.82) is 0 Å². The van der Waals surface area contributed by atoms with Gasteiger partial charge >= 0.3 is 12.3 Å². The first kappa shape index (κ1) is 18.7. The van der Waals surface area contributed by atoms with Crippen molar-refractivity contribution >= 4 is 12.3 Å². The molecule has 10 nitrogen and oxygen atoms in total. The summed E-state index contributed by atoms with van der Waals surface area (Å²) in [4.78, 5) is 18.6. The standard InChI is InChI=1S/C4H6O4.C3H8O3.CH2O3/c5-1-3-2-7-4(6)8-3;4-1-3(6)2-5;2-1(3)4/h3,5H,1-2H2;3-6H,1-2H2;(H2,2,3,4). The van der Waals surface area contributed by atoms with Crippen LogP contribution >= 0.6 is 0 Å². The highest BCUT2D eigenvalue weighted by Crippen LogP contribution is 2.03. The van der Waals surface area contributed by atoms with Crippen molar-refractivity contribution in [2.75, 3.05) is 26.4 Å². The van der Waals surface area contributed by atoms with Gasteiger partial charge in [0.2, 0.25) is 0 Å². The molecule has 108 valence electrons. The third-order valence-corrected chi connectivity index (χ3v) is 1.28. The highest BCUT2D eigenvalue weighted by molar-refractivity contribution is 5.61. The first-order valence-corrected chi connectivity index (χ1v) is 4.63. The predicted octanol–water partition coefficient (Wildman–Crippen LogP) is -1.93. The number of rotatable bonds is 3. The zero-order chi connectivity index (χ0) is 14.6. The fraction of sp³-hybridized carbons (Fsp3) is 0.750. The monoisotopic (exact) mass is 272 g/mol. The van der Waals surface area contributed by atoms with Crippen LogP contribution in [-0.2, 0) is 9.47 Å². The van der Waals surface area contributed by atoms with E-state index in [1.54, 1.807) is 0 Å². The minimum atomic E-state index is -1.83. The Morgan fingerprint density at radius 1 is 1.28 bits per heavy atom. The van der Waals surface area contributed by atoms with Gasteiger partial charge in [-0.2, -0.15) is 0 Å².